The molecule has 0 bridgehead atoms. The van der Waals surface area contributed by atoms with E-state index in [1.807, 2.05) is 37.2 Å². The maximum absolute atomic E-state index is 15.5. The Bertz CT molecular complexity index is 2860. The van der Waals surface area contributed by atoms with Crippen LogP contribution in [0.15, 0.2) is 119 Å². The molecule has 2 heterocycles. The molecular formula is C47H34Cl2F5N5O6. The molecule has 332 valence electrons. The van der Waals surface area contributed by atoms with Gasteiger partial charge in [0.15, 0.2) is 33.0 Å². The van der Waals surface area contributed by atoms with Gasteiger partial charge in [0.05, 0.1) is 28.9 Å². The minimum atomic E-state index is -2.82. The van der Waals surface area contributed by atoms with E-state index in [4.69, 9.17) is 27.9 Å². The summed E-state index contributed by atoms with van der Waals surface area (Å²) in [5.41, 5.74) is 1.03. The van der Waals surface area contributed by atoms with E-state index in [1.165, 1.54) is 30.3 Å². The third-order valence-electron chi connectivity index (χ3n) is 12.5. The molecule has 1 N–H and O–H groups in total. The number of anilines is 3. The number of ether oxygens (including phenoxy) is 1. The Kier molecular flexibility index (Phi) is 10.8. The van der Waals surface area contributed by atoms with Gasteiger partial charge in [-0.05, 0) is 78.9 Å². The van der Waals surface area contributed by atoms with Gasteiger partial charge in [0.2, 0.25) is 17.6 Å². The van der Waals surface area contributed by atoms with Crippen molar-refractivity contribution >= 4 is 75.3 Å². The Morgan fingerprint density at radius 1 is 0.738 bits per heavy atom. The number of fused-ring (bicyclic) bond motifs is 4. The molecule has 0 aromatic heterocycles. The number of nitrogens with zero attached hydrogens (tertiary/aromatic N) is 5. The van der Waals surface area contributed by atoms with Crippen LogP contribution in [0.4, 0.5) is 50.4 Å². The molecule has 6 atom stereocenters. The Hall–Kier alpha value is -6.65. The van der Waals surface area contributed by atoms with Crippen LogP contribution in [0.25, 0.3) is 0 Å². The van der Waals surface area contributed by atoms with Crippen molar-refractivity contribution in [2.24, 2.45) is 28.0 Å². The lowest BCUT2D eigenvalue weighted by molar-refractivity contribution is -0.125. The number of halogens is 7. The summed E-state index contributed by atoms with van der Waals surface area (Å²) >= 11 is 14.5. The molecule has 5 aromatic rings. The number of alkyl halides is 2. The van der Waals surface area contributed by atoms with Gasteiger partial charge in [-0.15, -0.1) is 23.2 Å². The third-order valence-corrected chi connectivity index (χ3v) is 14.0. The van der Waals surface area contributed by atoms with Crippen molar-refractivity contribution in [3.05, 3.63) is 149 Å². The quantitative estimate of drug-likeness (QED) is 0.0296. The first-order valence-electron chi connectivity index (χ1n) is 20.1. The van der Waals surface area contributed by atoms with Crippen LogP contribution in [-0.4, -0.2) is 52.6 Å². The van der Waals surface area contributed by atoms with Crippen LogP contribution < -0.4 is 19.4 Å². The normalized spacial score (nSPS) is 24.9. The van der Waals surface area contributed by atoms with E-state index in [-0.39, 0.29) is 40.5 Å². The maximum atomic E-state index is 15.5. The zero-order valence-corrected chi connectivity index (χ0v) is 35.6. The Morgan fingerprint density at radius 3 is 1.94 bits per heavy atom. The summed E-state index contributed by atoms with van der Waals surface area (Å²) < 4.78 is 80.4. The summed E-state index contributed by atoms with van der Waals surface area (Å²) in [5.74, 6) is -22.6. The predicted molar refractivity (Wildman–Crippen MR) is 229 cm³/mol. The van der Waals surface area contributed by atoms with Crippen LogP contribution in [-0.2, 0) is 25.8 Å². The SMILES string of the molecule is CN(C)c1ccc(N=Nc2ccc(N3C(=O)C4CC=C5C(CC6(Cl)C(=O)N(c7c(F)c(F)c(F)c(F)c7F)C(=O)C6(Cl)C5c5ccc(OCc6ccccc6)cc5O)C4C3=O)cc2)cc1. The Labute approximate surface area is 377 Å². The van der Waals surface area contributed by atoms with Crippen molar-refractivity contribution in [1.29, 1.82) is 0 Å². The fourth-order valence-corrected chi connectivity index (χ4v) is 10.3. The fourth-order valence-electron chi connectivity index (χ4n) is 9.37. The molecule has 4 aliphatic rings. The number of azo groups is 1. The highest BCUT2D eigenvalue weighted by molar-refractivity contribution is 6.58. The lowest BCUT2D eigenvalue weighted by Crippen LogP contribution is -2.60. The van der Waals surface area contributed by atoms with Crippen LogP contribution in [0.3, 0.4) is 0 Å². The Balaban J connectivity index is 1.10. The number of carbonyl (C=O) groups is 4. The number of amides is 4. The molecule has 0 radical (unpaired) electrons. The minimum Gasteiger partial charge on any atom is -0.508 e. The predicted octanol–water partition coefficient (Wildman–Crippen LogP) is 9.92. The second-order valence-electron chi connectivity index (χ2n) is 16.3. The second kappa shape index (κ2) is 16.1. The van der Waals surface area contributed by atoms with E-state index >= 15 is 8.78 Å². The van der Waals surface area contributed by atoms with E-state index in [1.54, 1.807) is 54.6 Å². The number of aromatic hydroxyl groups is 1. The van der Waals surface area contributed by atoms with Gasteiger partial charge in [-0.25, -0.2) is 26.9 Å². The summed E-state index contributed by atoms with van der Waals surface area (Å²) in [5, 5.41) is 20.2. The number of phenols is 1. The molecule has 6 unspecified atom stereocenters. The number of imide groups is 2. The molecule has 0 spiro atoms. The van der Waals surface area contributed by atoms with Gasteiger partial charge in [0.1, 0.15) is 23.8 Å². The number of carbonyl (C=O) groups excluding carboxylic acids is 4. The maximum Gasteiger partial charge on any atom is 0.258 e. The first kappa shape index (κ1) is 43.6. The van der Waals surface area contributed by atoms with Crippen molar-refractivity contribution in [2.45, 2.75) is 35.1 Å². The molecule has 3 fully saturated rings. The van der Waals surface area contributed by atoms with E-state index < -0.39 is 104 Å². The minimum absolute atomic E-state index is 0.0819. The Morgan fingerprint density at radius 2 is 1.34 bits per heavy atom. The highest BCUT2D eigenvalue weighted by atomic mass is 35.5. The molecule has 18 heteroatoms. The number of phenolic OH excluding ortho intramolecular Hbond substituents is 1. The zero-order chi connectivity index (χ0) is 46.3. The molecule has 11 nitrogen and oxygen atoms in total. The average molecular weight is 931 g/mol. The molecule has 9 rings (SSSR count). The standard InChI is InChI=1S/C47H34Cl2F5N5O6/c1-57(2)26-12-8-24(9-13-26)55-56-25-10-14-27(15-11-25)58-42(61)31-19-18-29-32(34(31)43(58)62)21-46(48)44(63)59(41-39(53)37(51)36(50)38(52)40(41)54)45(64)47(46,49)35(29)30-17-16-28(20-33(30)60)65-22-23-6-4-3-5-7-23/h3-18,20,31-32,34-35,60H,19,21-22H2,1-2H3. The first-order valence-corrected chi connectivity index (χ1v) is 20.9. The second-order valence-corrected chi connectivity index (χ2v) is 17.6. The number of allylic oxidation sites excluding steroid dienone is 2. The van der Waals surface area contributed by atoms with Crippen LogP contribution in [0.2, 0.25) is 0 Å². The van der Waals surface area contributed by atoms with Crippen molar-refractivity contribution in [3.63, 3.8) is 0 Å². The van der Waals surface area contributed by atoms with E-state index in [9.17, 15) is 37.5 Å². The van der Waals surface area contributed by atoms with Crippen molar-refractivity contribution in [3.8, 4) is 11.5 Å². The smallest absolute Gasteiger partial charge is 0.258 e. The van der Waals surface area contributed by atoms with Crippen molar-refractivity contribution < 1.29 is 51.0 Å². The molecule has 2 aliphatic carbocycles. The van der Waals surface area contributed by atoms with E-state index in [0.717, 1.165) is 16.2 Å². The summed E-state index contributed by atoms with van der Waals surface area (Å²) in [4.78, 5) is 55.2. The third kappa shape index (κ3) is 6.75. The zero-order valence-electron chi connectivity index (χ0n) is 34.1. The largest absolute Gasteiger partial charge is 0.508 e. The topological polar surface area (TPSA) is 132 Å². The van der Waals surface area contributed by atoms with Crippen LogP contribution in [0.1, 0.15) is 29.9 Å². The van der Waals surface area contributed by atoms with Crippen molar-refractivity contribution in [2.75, 3.05) is 28.8 Å². The fraction of sp³-hybridized carbons (Fsp3) is 0.234. The molecule has 5 aromatic carbocycles. The highest BCUT2D eigenvalue weighted by Gasteiger charge is 2.77. The van der Waals surface area contributed by atoms with Gasteiger partial charge in [-0.1, -0.05) is 48.0 Å². The van der Waals surface area contributed by atoms with Crippen LogP contribution in [0.5, 0.6) is 11.5 Å². The molecular weight excluding hydrogens is 896 g/mol. The number of hydrogen-bond acceptors (Lipinski definition) is 9. The summed E-state index contributed by atoms with van der Waals surface area (Å²) in [6.07, 6.45) is 0.731. The number of rotatable bonds is 9. The van der Waals surface area contributed by atoms with Crippen LogP contribution >= 0.6 is 23.2 Å². The summed E-state index contributed by atoms with van der Waals surface area (Å²) in [6, 6.07) is 26.4. The molecule has 2 aliphatic heterocycles. The molecule has 1 saturated carbocycles. The number of hydrogen-bond donors (Lipinski definition) is 1. The van der Waals surface area contributed by atoms with Crippen LogP contribution in [0, 0.1) is 46.8 Å². The lowest BCUT2D eigenvalue weighted by Gasteiger charge is -2.50. The monoisotopic (exact) mass is 929 g/mol. The molecule has 4 amide bonds. The van der Waals surface area contributed by atoms with E-state index in [2.05, 4.69) is 10.2 Å². The first-order chi connectivity index (χ1) is 31.0. The van der Waals surface area contributed by atoms with Gasteiger partial charge in [0.25, 0.3) is 11.8 Å². The van der Waals surface area contributed by atoms with Gasteiger partial charge in [-0.2, -0.15) is 10.2 Å². The average Bonchev–Trinajstić information content (AvgIpc) is 3.64. The van der Waals surface area contributed by atoms with Gasteiger partial charge >= 0.3 is 0 Å². The van der Waals surface area contributed by atoms with Gasteiger partial charge in [0, 0.05) is 37.3 Å². The summed E-state index contributed by atoms with van der Waals surface area (Å²) in [7, 11) is 3.81. The molecule has 2 saturated heterocycles. The van der Waals surface area contributed by atoms with Crippen molar-refractivity contribution in [1.82, 2.24) is 0 Å². The number of benzene rings is 5. The van der Waals surface area contributed by atoms with Gasteiger partial charge in [-0.3, -0.25) is 24.1 Å². The van der Waals surface area contributed by atoms with Gasteiger partial charge < -0.3 is 14.7 Å². The van der Waals surface area contributed by atoms with E-state index in [0.29, 0.717) is 11.4 Å². The lowest BCUT2D eigenvalue weighted by atomic mass is 9.56. The highest BCUT2D eigenvalue weighted by Crippen LogP contribution is 2.67. The summed E-state index contributed by atoms with van der Waals surface area (Å²) in [6.45, 7) is 0.0819. The molecule has 65 heavy (non-hydrogen) atoms.